The average molecular weight is 541 g/mol. The Morgan fingerprint density at radius 2 is 1.68 bits per heavy atom. The first-order chi connectivity index (χ1) is 18.0. The number of ether oxygens (including phenoxy) is 5. The lowest BCUT2D eigenvalue weighted by atomic mass is 9.85. The van der Waals surface area contributed by atoms with E-state index < -0.39 is 17.9 Å². The van der Waals surface area contributed by atoms with Gasteiger partial charge in [-0.2, -0.15) is 0 Å². The molecule has 0 aromatic rings. The van der Waals surface area contributed by atoms with Gasteiger partial charge in [0.1, 0.15) is 6.10 Å². The molecular weight excluding hydrogens is 492 g/mol. The number of aliphatic hydroxyl groups excluding tert-OH is 1. The Kier molecular flexibility index (Phi) is 11.6. The molecule has 3 heterocycles. The molecule has 3 fully saturated rings. The van der Waals surface area contributed by atoms with Crippen LogP contribution < -0.4 is 0 Å². The molecule has 0 spiro atoms. The van der Waals surface area contributed by atoms with Gasteiger partial charge in [0, 0.05) is 24.3 Å². The van der Waals surface area contributed by atoms with Crippen LogP contribution in [0.15, 0.2) is 11.6 Å². The Morgan fingerprint density at radius 3 is 2.37 bits per heavy atom. The molecule has 3 rings (SSSR count). The van der Waals surface area contributed by atoms with Gasteiger partial charge in [-0.05, 0) is 53.4 Å². The highest BCUT2D eigenvalue weighted by Crippen LogP contribution is 2.44. The molecule has 8 atom stereocenters. The fourth-order valence-electron chi connectivity index (χ4n) is 5.54. The number of epoxide rings is 1. The third kappa shape index (κ3) is 9.59. The number of carbonyl (C=O) groups is 2. The number of aliphatic carboxylic acids is 1. The van der Waals surface area contributed by atoms with Gasteiger partial charge in [-0.1, -0.05) is 38.2 Å². The highest BCUT2D eigenvalue weighted by Gasteiger charge is 2.54. The second-order valence-electron chi connectivity index (χ2n) is 11.8. The molecule has 0 aromatic carbocycles. The Labute approximate surface area is 227 Å². The van der Waals surface area contributed by atoms with Gasteiger partial charge < -0.3 is 33.9 Å². The number of esters is 1. The molecule has 3 saturated heterocycles. The molecule has 0 aromatic heterocycles. The molecule has 0 aliphatic carbocycles. The van der Waals surface area contributed by atoms with Gasteiger partial charge in [-0.25, -0.2) is 4.79 Å². The van der Waals surface area contributed by atoms with Crippen molar-refractivity contribution in [2.24, 2.45) is 11.8 Å². The van der Waals surface area contributed by atoms with E-state index in [-0.39, 0.29) is 54.7 Å². The molecule has 0 bridgehead atoms. The first-order valence-corrected chi connectivity index (χ1v) is 14.3. The fourth-order valence-corrected chi connectivity index (χ4v) is 5.54. The normalized spacial score (nSPS) is 31.9. The summed E-state index contributed by atoms with van der Waals surface area (Å²) in [5.74, 6) is -1.56. The number of carboxylic acids is 1. The van der Waals surface area contributed by atoms with E-state index in [2.05, 4.69) is 0 Å². The number of carboxylic acid groups (broad SMARTS) is 1. The Morgan fingerprint density at radius 1 is 1.03 bits per heavy atom. The maximum Gasteiger partial charge on any atom is 0.330 e. The van der Waals surface area contributed by atoms with Crippen molar-refractivity contribution in [2.45, 2.75) is 135 Å². The minimum atomic E-state index is -0.742. The van der Waals surface area contributed by atoms with E-state index in [1.54, 1.807) is 6.92 Å². The SMILES string of the molecule is C/C(=C\C(=O)OCCCCCCCCC(=O)O)CC1OCC(CC2OC2C(C)C(C)O)C2OC(C)(C)OC12. The monoisotopic (exact) mass is 540 g/mol. The highest BCUT2D eigenvalue weighted by molar-refractivity contribution is 5.82. The summed E-state index contributed by atoms with van der Waals surface area (Å²) in [5, 5.41) is 18.5. The van der Waals surface area contributed by atoms with Crippen LogP contribution in [-0.4, -0.2) is 77.8 Å². The first-order valence-electron chi connectivity index (χ1n) is 14.3. The average Bonchev–Trinajstić information content (AvgIpc) is 3.51. The summed E-state index contributed by atoms with van der Waals surface area (Å²) in [5.41, 5.74) is 0.875. The first kappa shape index (κ1) is 31.0. The lowest BCUT2D eigenvalue weighted by Crippen LogP contribution is -2.48. The minimum Gasteiger partial charge on any atom is -0.481 e. The molecule has 9 nitrogen and oxygen atoms in total. The number of unbranched alkanes of at least 4 members (excludes halogenated alkanes) is 5. The van der Waals surface area contributed by atoms with Gasteiger partial charge in [0.15, 0.2) is 5.79 Å². The quantitative estimate of drug-likeness (QED) is 0.127. The van der Waals surface area contributed by atoms with E-state index in [9.17, 15) is 14.7 Å². The van der Waals surface area contributed by atoms with Gasteiger partial charge in [-0.3, -0.25) is 4.79 Å². The standard InChI is InChI=1S/C29H48O9/c1-18(15-25(33)34-13-11-9-7-6-8-10-12-24(31)32)14-22-28-27(37-29(4,5)38-28)21(17-35-22)16-23-26(36-23)19(2)20(3)30/h15,19-23,26-28,30H,6-14,16-17H2,1-5H3,(H,31,32)/b18-15+. The summed E-state index contributed by atoms with van der Waals surface area (Å²) in [7, 11) is 0. The van der Waals surface area contributed by atoms with Crippen LogP contribution in [-0.2, 0) is 33.3 Å². The molecule has 8 unspecified atom stereocenters. The summed E-state index contributed by atoms with van der Waals surface area (Å²) in [6.45, 7) is 10.5. The van der Waals surface area contributed by atoms with Gasteiger partial charge in [0.25, 0.3) is 0 Å². The molecule has 9 heteroatoms. The van der Waals surface area contributed by atoms with Crippen molar-refractivity contribution in [3.05, 3.63) is 11.6 Å². The number of fused-ring (bicyclic) bond motifs is 1. The molecule has 3 aliphatic heterocycles. The maximum absolute atomic E-state index is 12.3. The number of carbonyl (C=O) groups excluding carboxylic acids is 1. The number of hydrogen-bond donors (Lipinski definition) is 2. The zero-order valence-corrected chi connectivity index (χ0v) is 23.7. The largest absolute Gasteiger partial charge is 0.481 e. The maximum atomic E-state index is 12.3. The van der Waals surface area contributed by atoms with Gasteiger partial charge >= 0.3 is 11.9 Å². The van der Waals surface area contributed by atoms with Crippen LogP contribution in [0.1, 0.15) is 92.4 Å². The third-order valence-electron chi connectivity index (χ3n) is 7.87. The van der Waals surface area contributed by atoms with E-state index in [1.807, 2.05) is 27.7 Å². The molecular formula is C29H48O9. The molecule has 0 radical (unpaired) electrons. The Hall–Kier alpha value is -1.52. The van der Waals surface area contributed by atoms with Crippen LogP contribution in [0.2, 0.25) is 0 Å². The van der Waals surface area contributed by atoms with Crippen LogP contribution in [0.4, 0.5) is 0 Å². The highest BCUT2D eigenvalue weighted by atomic mass is 16.8. The molecule has 3 aliphatic rings. The molecule has 38 heavy (non-hydrogen) atoms. The van der Waals surface area contributed by atoms with Crippen molar-refractivity contribution in [1.29, 1.82) is 0 Å². The van der Waals surface area contributed by atoms with E-state index >= 15 is 0 Å². The topological polar surface area (TPSA) is 124 Å². The van der Waals surface area contributed by atoms with Crippen molar-refractivity contribution < 1.29 is 43.5 Å². The molecule has 218 valence electrons. The molecule has 0 amide bonds. The van der Waals surface area contributed by atoms with E-state index in [0.717, 1.165) is 44.1 Å². The smallest absolute Gasteiger partial charge is 0.330 e. The van der Waals surface area contributed by atoms with Crippen molar-refractivity contribution in [3.8, 4) is 0 Å². The Bertz CT molecular complexity index is 808. The number of aliphatic hydroxyl groups is 1. The van der Waals surface area contributed by atoms with Gasteiger partial charge in [0.05, 0.1) is 43.7 Å². The summed E-state index contributed by atoms with van der Waals surface area (Å²) in [6, 6.07) is 0. The Balaban J connectivity index is 1.39. The fraction of sp³-hybridized carbons (Fsp3) is 0.862. The van der Waals surface area contributed by atoms with E-state index in [4.69, 9.17) is 28.8 Å². The van der Waals surface area contributed by atoms with Crippen molar-refractivity contribution in [3.63, 3.8) is 0 Å². The second kappa shape index (κ2) is 14.2. The van der Waals surface area contributed by atoms with Crippen LogP contribution in [0, 0.1) is 11.8 Å². The minimum absolute atomic E-state index is 0.0708. The summed E-state index contributed by atoms with van der Waals surface area (Å²) < 4.78 is 30.0. The summed E-state index contributed by atoms with van der Waals surface area (Å²) in [4.78, 5) is 22.8. The zero-order valence-electron chi connectivity index (χ0n) is 23.7. The van der Waals surface area contributed by atoms with E-state index in [1.165, 1.54) is 6.08 Å². The van der Waals surface area contributed by atoms with Gasteiger partial charge in [-0.15, -0.1) is 0 Å². The number of rotatable bonds is 16. The third-order valence-corrected chi connectivity index (χ3v) is 7.87. The van der Waals surface area contributed by atoms with Crippen molar-refractivity contribution >= 4 is 11.9 Å². The zero-order chi connectivity index (χ0) is 27.9. The lowest BCUT2D eigenvalue weighted by molar-refractivity contribution is -0.153. The molecule has 0 saturated carbocycles. The summed E-state index contributed by atoms with van der Waals surface area (Å²) in [6.07, 6.45) is 7.76. The number of hydrogen-bond acceptors (Lipinski definition) is 8. The van der Waals surface area contributed by atoms with Crippen LogP contribution in [0.3, 0.4) is 0 Å². The molecule has 2 N–H and O–H groups in total. The second-order valence-corrected chi connectivity index (χ2v) is 11.8. The van der Waals surface area contributed by atoms with Crippen molar-refractivity contribution in [1.82, 2.24) is 0 Å². The lowest BCUT2D eigenvalue weighted by Gasteiger charge is -2.37. The summed E-state index contributed by atoms with van der Waals surface area (Å²) >= 11 is 0. The predicted octanol–water partition coefficient (Wildman–Crippen LogP) is 4.39. The van der Waals surface area contributed by atoms with Crippen LogP contribution in [0.5, 0.6) is 0 Å². The van der Waals surface area contributed by atoms with Crippen molar-refractivity contribution in [2.75, 3.05) is 13.2 Å². The van der Waals surface area contributed by atoms with Crippen LogP contribution >= 0.6 is 0 Å². The van der Waals surface area contributed by atoms with E-state index in [0.29, 0.717) is 26.1 Å². The predicted molar refractivity (Wildman–Crippen MR) is 140 cm³/mol. The van der Waals surface area contributed by atoms with Gasteiger partial charge in [0.2, 0.25) is 0 Å². The van der Waals surface area contributed by atoms with Crippen LogP contribution in [0.25, 0.3) is 0 Å².